The van der Waals surface area contributed by atoms with Crippen LogP contribution < -0.4 is 10.1 Å². The van der Waals surface area contributed by atoms with Gasteiger partial charge in [-0.3, -0.25) is 4.79 Å². The molecule has 9 heteroatoms. The lowest BCUT2D eigenvalue weighted by molar-refractivity contribution is -0.116. The lowest BCUT2D eigenvalue weighted by Crippen LogP contribution is -2.31. The van der Waals surface area contributed by atoms with Crippen LogP contribution >= 0.6 is 23.4 Å². The van der Waals surface area contributed by atoms with E-state index < -0.39 is 0 Å². The number of anilines is 1. The largest absolute Gasteiger partial charge is 0.497 e. The lowest BCUT2D eigenvalue weighted by atomic mass is 9.85. The van der Waals surface area contributed by atoms with Gasteiger partial charge in [0.05, 0.1) is 7.11 Å². The Morgan fingerprint density at radius 3 is 2.81 bits per heavy atom. The zero-order valence-corrected chi connectivity index (χ0v) is 18.8. The molecule has 2 aromatic carbocycles. The zero-order chi connectivity index (χ0) is 22.2. The summed E-state index contributed by atoms with van der Waals surface area (Å²) in [4.78, 5) is 17.5. The summed E-state index contributed by atoms with van der Waals surface area (Å²) < 4.78 is 20.4. The van der Waals surface area contributed by atoms with Crippen LogP contribution in [-0.2, 0) is 10.5 Å². The first-order valence-electron chi connectivity index (χ1n) is 10.2. The van der Waals surface area contributed by atoms with Gasteiger partial charge >= 0.3 is 0 Å². The topological polar surface area (TPSA) is 69.0 Å². The number of Topliss-reactive ketones (excluding diaryl/α,β-unsaturated/α-hetero) is 1. The number of ether oxygens (including phenoxy) is 1. The molecule has 5 rings (SSSR count). The predicted octanol–water partition coefficient (Wildman–Crippen LogP) is 5.39. The van der Waals surface area contributed by atoms with Crippen molar-refractivity contribution in [1.82, 2.24) is 14.8 Å². The molecule has 0 bridgehead atoms. The highest BCUT2D eigenvalue weighted by Crippen LogP contribution is 2.41. The first-order chi connectivity index (χ1) is 15.5. The Morgan fingerprint density at radius 2 is 2.06 bits per heavy atom. The summed E-state index contributed by atoms with van der Waals surface area (Å²) in [6.07, 6.45) is 2.15. The number of fused-ring (bicyclic) bond motifs is 1. The first kappa shape index (κ1) is 21.0. The zero-order valence-electron chi connectivity index (χ0n) is 17.3. The second kappa shape index (κ2) is 8.60. The molecular formula is C23H20ClFN4O2S. The SMILES string of the molecule is COc1ccc(C2C3=C(CCCC3=O)Nc3nc(SCc4ccc(F)cc4Cl)nn32)cc1. The molecular weight excluding hydrogens is 451 g/mol. The van der Waals surface area contributed by atoms with E-state index in [-0.39, 0.29) is 17.6 Å². The number of carbonyl (C=O) groups excluding carboxylic acids is 1. The van der Waals surface area contributed by atoms with E-state index in [0.29, 0.717) is 28.3 Å². The molecule has 3 aromatic rings. The minimum absolute atomic E-state index is 0.132. The smallest absolute Gasteiger partial charge is 0.227 e. The van der Waals surface area contributed by atoms with Crippen LogP contribution in [0.4, 0.5) is 10.3 Å². The van der Waals surface area contributed by atoms with Crippen LogP contribution in [0, 0.1) is 5.82 Å². The highest BCUT2D eigenvalue weighted by atomic mass is 35.5. The molecule has 0 saturated heterocycles. The molecule has 1 N–H and O–H groups in total. The van der Waals surface area contributed by atoms with Crippen molar-refractivity contribution in [2.45, 2.75) is 36.2 Å². The fourth-order valence-electron chi connectivity index (χ4n) is 4.07. The van der Waals surface area contributed by atoms with Gasteiger partial charge in [-0.25, -0.2) is 9.07 Å². The molecule has 6 nitrogen and oxygen atoms in total. The highest BCUT2D eigenvalue weighted by molar-refractivity contribution is 7.98. The maximum absolute atomic E-state index is 13.3. The molecule has 0 saturated carbocycles. The normalized spacial score (nSPS) is 17.6. The van der Waals surface area contributed by atoms with Crippen LogP contribution in [0.25, 0.3) is 0 Å². The molecule has 0 amide bonds. The van der Waals surface area contributed by atoms with Crippen molar-refractivity contribution in [2.24, 2.45) is 0 Å². The van der Waals surface area contributed by atoms with Crippen molar-refractivity contribution in [3.63, 3.8) is 0 Å². The number of ketones is 1. The van der Waals surface area contributed by atoms with Crippen LogP contribution in [0.3, 0.4) is 0 Å². The minimum Gasteiger partial charge on any atom is -0.497 e. The molecule has 0 radical (unpaired) electrons. The van der Waals surface area contributed by atoms with Gasteiger partial charge in [-0.05, 0) is 48.2 Å². The summed E-state index contributed by atoms with van der Waals surface area (Å²) in [5.74, 6) is 1.62. The number of nitrogens with one attached hydrogen (secondary N) is 1. The van der Waals surface area contributed by atoms with Crippen molar-refractivity contribution in [2.75, 3.05) is 12.4 Å². The fraction of sp³-hybridized carbons (Fsp3) is 0.261. The van der Waals surface area contributed by atoms with Crippen molar-refractivity contribution >= 4 is 35.1 Å². The fourth-order valence-corrected chi connectivity index (χ4v) is 5.22. The Morgan fingerprint density at radius 1 is 1.25 bits per heavy atom. The van der Waals surface area contributed by atoms with Crippen molar-refractivity contribution in [3.05, 3.63) is 75.7 Å². The van der Waals surface area contributed by atoms with Gasteiger partial charge in [0.15, 0.2) is 5.78 Å². The van der Waals surface area contributed by atoms with Gasteiger partial charge in [0.25, 0.3) is 0 Å². The Hall–Kier alpha value is -2.84. The van der Waals surface area contributed by atoms with Gasteiger partial charge in [-0.15, -0.1) is 5.10 Å². The third-order valence-electron chi connectivity index (χ3n) is 5.65. The molecule has 1 unspecified atom stereocenters. The van der Waals surface area contributed by atoms with Crippen LogP contribution in [0.1, 0.15) is 36.4 Å². The Labute approximate surface area is 193 Å². The first-order valence-corrected chi connectivity index (χ1v) is 11.6. The van der Waals surface area contributed by atoms with Crippen molar-refractivity contribution in [1.29, 1.82) is 0 Å². The number of halogens is 2. The standard InChI is InChI=1S/C23H20ClFN4O2S/c1-31-16-9-6-13(7-10-16)21-20-18(3-2-4-19(20)30)26-22-27-23(28-29(21)22)32-12-14-5-8-15(25)11-17(14)24/h5-11,21H,2-4,12H2,1H3,(H,26,27,28). The Balaban J connectivity index is 1.49. The summed E-state index contributed by atoms with van der Waals surface area (Å²) in [6.45, 7) is 0. The van der Waals surface area contributed by atoms with E-state index in [0.717, 1.165) is 41.0 Å². The quantitative estimate of drug-likeness (QED) is 0.504. The van der Waals surface area contributed by atoms with E-state index in [4.69, 9.17) is 21.4 Å². The molecule has 1 atom stereocenters. The molecule has 1 aliphatic carbocycles. The molecule has 32 heavy (non-hydrogen) atoms. The van der Waals surface area contributed by atoms with E-state index in [1.807, 2.05) is 24.3 Å². The average molecular weight is 471 g/mol. The molecule has 2 heterocycles. The number of methoxy groups -OCH3 is 1. The number of carbonyl (C=O) groups is 1. The third-order valence-corrected chi connectivity index (χ3v) is 6.89. The van der Waals surface area contributed by atoms with Gasteiger partial charge in [-0.2, -0.15) is 4.98 Å². The van der Waals surface area contributed by atoms with Crippen molar-refractivity contribution in [3.8, 4) is 5.75 Å². The Kier molecular flexibility index (Phi) is 5.65. The number of hydrogen-bond acceptors (Lipinski definition) is 6. The molecule has 164 valence electrons. The second-order valence-corrected chi connectivity index (χ2v) is 9.01. The molecule has 0 spiro atoms. The number of rotatable bonds is 5. The van der Waals surface area contributed by atoms with Crippen LogP contribution in [0.2, 0.25) is 5.02 Å². The summed E-state index contributed by atoms with van der Waals surface area (Å²) in [7, 11) is 1.62. The van der Waals surface area contributed by atoms with Crippen LogP contribution in [0.15, 0.2) is 58.9 Å². The number of thioether (sulfide) groups is 1. The molecule has 2 aliphatic rings. The number of allylic oxidation sites excluding steroid dienone is 2. The van der Waals surface area contributed by atoms with Crippen molar-refractivity contribution < 1.29 is 13.9 Å². The number of aromatic nitrogens is 3. The summed E-state index contributed by atoms with van der Waals surface area (Å²) in [5.41, 5.74) is 3.41. The summed E-state index contributed by atoms with van der Waals surface area (Å²) in [5, 5.41) is 8.96. The van der Waals surface area contributed by atoms with Crippen LogP contribution in [0.5, 0.6) is 5.75 Å². The number of hydrogen-bond donors (Lipinski definition) is 1. The predicted molar refractivity (Wildman–Crippen MR) is 122 cm³/mol. The van der Waals surface area contributed by atoms with Gasteiger partial charge < -0.3 is 10.1 Å². The summed E-state index contributed by atoms with van der Waals surface area (Å²) >= 11 is 7.57. The third kappa shape index (κ3) is 3.89. The summed E-state index contributed by atoms with van der Waals surface area (Å²) in [6, 6.07) is 11.7. The van der Waals surface area contributed by atoms with E-state index in [2.05, 4.69) is 10.3 Å². The monoisotopic (exact) mass is 470 g/mol. The minimum atomic E-state index is -0.368. The van der Waals surface area contributed by atoms with Gasteiger partial charge in [0, 0.05) is 28.5 Å². The second-order valence-electron chi connectivity index (χ2n) is 7.66. The molecule has 0 fully saturated rings. The maximum atomic E-state index is 13.3. The van der Waals surface area contributed by atoms with E-state index in [1.165, 1.54) is 23.9 Å². The average Bonchev–Trinajstić information content (AvgIpc) is 3.20. The number of nitrogens with zero attached hydrogens (tertiary/aromatic N) is 3. The highest BCUT2D eigenvalue weighted by Gasteiger charge is 2.36. The van der Waals surface area contributed by atoms with E-state index >= 15 is 0 Å². The van der Waals surface area contributed by atoms with Gasteiger partial charge in [0.1, 0.15) is 17.6 Å². The lowest BCUT2D eigenvalue weighted by Gasteiger charge is -2.32. The maximum Gasteiger partial charge on any atom is 0.227 e. The van der Waals surface area contributed by atoms with Gasteiger partial charge in [-0.1, -0.05) is 41.6 Å². The molecule has 1 aromatic heterocycles. The Bertz CT molecular complexity index is 1230. The van der Waals surface area contributed by atoms with E-state index in [1.54, 1.807) is 17.9 Å². The van der Waals surface area contributed by atoms with E-state index in [9.17, 15) is 9.18 Å². The van der Waals surface area contributed by atoms with Gasteiger partial charge in [0.2, 0.25) is 11.1 Å². The van der Waals surface area contributed by atoms with Crippen LogP contribution in [-0.4, -0.2) is 27.7 Å². The number of benzene rings is 2. The molecule has 1 aliphatic heterocycles.